The standard InChI is InChI=1S/C22H23N3O3/c1-27-19-6-4-5-18(13-19)23-14-17-15-25(21-8-3-2-7-20(17)21)16-22(26)24-9-11-28-12-10-24/h2-8,13-15H,9-12,16H2,1H3. The van der Waals surface area contributed by atoms with Crippen molar-refractivity contribution in [2.24, 2.45) is 4.99 Å². The zero-order chi connectivity index (χ0) is 19.3. The van der Waals surface area contributed by atoms with Gasteiger partial charge in [-0.15, -0.1) is 0 Å². The Morgan fingerprint density at radius 2 is 2.00 bits per heavy atom. The molecule has 1 fully saturated rings. The predicted octanol–water partition coefficient (Wildman–Crippen LogP) is 3.26. The zero-order valence-electron chi connectivity index (χ0n) is 15.9. The van der Waals surface area contributed by atoms with E-state index in [2.05, 4.69) is 11.1 Å². The average molecular weight is 377 g/mol. The van der Waals surface area contributed by atoms with E-state index in [9.17, 15) is 4.79 Å². The minimum absolute atomic E-state index is 0.111. The molecule has 4 rings (SSSR count). The highest BCUT2D eigenvalue weighted by Crippen LogP contribution is 2.23. The quantitative estimate of drug-likeness (QED) is 0.642. The second kappa shape index (κ2) is 8.27. The molecule has 0 radical (unpaired) electrons. The van der Waals surface area contributed by atoms with E-state index >= 15 is 0 Å². The fourth-order valence-electron chi connectivity index (χ4n) is 3.40. The van der Waals surface area contributed by atoms with Crippen LogP contribution in [0.1, 0.15) is 5.56 Å². The number of hydrogen-bond acceptors (Lipinski definition) is 4. The maximum Gasteiger partial charge on any atom is 0.242 e. The highest BCUT2D eigenvalue weighted by atomic mass is 16.5. The monoisotopic (exact) mass is 377 g/mol. The molecular weight excluding hydrogens is 354 g/mol. The number of nitrogens with zero attached hydrogens (tertiary/aromatic N) is 3. The molecule has 1 aliphatic heterocycles. The molecule has 28 heavy (non-hydrogen) atoms. The third kappa shape index (κ3) is 3.92. The molecule has 0 saturated carbocycles. The van der Waals surface area contributed by atoms with Crippen molar-refractivity contribution in [2.45, 2.75) is 6.54 Å². The molecule has 6 nitrogen and oxygen atoms in total. The van der Waals surface area contributed by atoms with E-state index < -0.39 is 0 Å². The number of amides is 1. The van der Waals surface area contributed by atoms with Gasteiger partial charge in [0.1, 0.15) is 12.3 Å². The van der Waals surface area contributed by atoms with Gasteiger partial charge in [-0.05, 0) is 18.2 Å². The Morgan fingerprint density at radius 1 is 1.18 bits per heavy atom. The fourth-order valence-corrected chi connectivity index (χ4v) is 3.40. The summed E-state index contributed by atoms with van der Waals surface area (Å²) in [6.07, 6.45) is 3.83. The van der Waals surface area contributed by atoms with Gasteiger partial charge in [-0.2, -0.15) is 0 Å². The number of aromatic nitrogens is 1. The number of carbonyl (C=O) groups excluding carboxylic acids is 1. The van der Waals surface area contributed by atoms with Gasteiger partial charge < -0.3 is 18.9 Å². The number of benzene rings is 2. The summed E-state index contributed by atoms with van der Waals surface area (Å²) in [7, 11) is 1.64. The van der Waals surface area contributed by atoms with Crippen molar-refractivity contribution in [3.63, 3.8) is 0 Å². The molecule has 0 N–H and O–H groups in total. The summed E-state index contributed by atoms with van der Waals surface area (Å²) in [6.45, 7) is 2.84. The van der Waals surface area contributed by atoms with E-state index in [1.807, 2.05) is 64.3 Å². The highest BCUT2D eigenvalue weighted by Gasteiger charge is 2.18. The van der Waals surface area contributed by atoms with Crippen LogP contribution in [-0.4, -0.2) is 55.0 Å². The summed E-state index contributed by atoms with van der Waals surface area (Å²) >= 11 is 0. The maximum absolute atomic E-state index is 12.7. The molecule has 2 heterocycles. The lowest BCUT2D eigenvalue weighted by Gasteiger charge is -2.27. The molecule has 6 heteroatoms. The number of ether oxygens (including phenoxy) is 2. The van der Waals surface area contributed by atoms with E-state index in [-0.39, 0.29) is 5.91 Å². The van der Waals surface area contributed by atoms with Gasteiger partial charge in [0.25, 0.3) is 0 Å². The minimum Gasteiger partial charge on any atom is -0.497 e. The van der Waals surface area contributed by atoms with Crippen LogP contribution in [0.15, 0.2) is 59.7 Å². The first-order chi connectivity index (χ1) is 13.7. The van der Waals surface area contributed by atoms with Crippen LogP contribution in [-0.2, 0) is 16.1 Å². The van der Waals surface area contributed by atoms with E-state index in [1.54, 1.807) is 7.11 Å². The van der Waals surface area contributed by atoms with Crippen molar-refractivity contribution in [1.82, 2.24) is 9.47 Å². The second-order valence-electron chi connectivity index (χ2n) is 6.68. The largest absolute Gasteiger partial charge is 0.497 e. The van der Waals surface area contributed by atoms with Crippen molar-refractivity contribution in [2.75, 3.05) is 33.4 Å². The van der Waals surface area contributed by atoms with Gasteiger partial charge in [-0.3, -0.25) is 9.79 Å². The first-order valence-corrected chi connectivity index (χ1v) is 9.36. The molecular formula is C22H23N3O3. The Hall–Kier alpha value is -3.12. The minimum atomic E-state index is 0.111. The Balaban J connectivity index is 1.60. The lowest BCUT2D eigenvalue weighted by Crippen LogP contribution is -2.42. The van der Waals surface area contributed by atoms with Gasteiger partial charge in [0, 0.05) is 48.0 Å². The molecule has 1 saturated heterocycles. The number of methoxy groups -OCH3 is 1. The Labute approximate surface area is 164 Å². The second-order valence-corrected chi connectivity index (χ2v) is 6.68. The zero-order valence-corrected chi connectivity index (χ0v) is 15.9. The van der Waals surface area contributed by atoms with E-state index in [4.69, 9.17) is 9.47 Å². The smallest absolute Gasteiger partial charge is 0.242 e. The molecule has 0 unspecified atom stereocenters. The number of fused-ring (bicyclic) bond motifs is 1. The molecule has 0 bridgehead atoms. The van der Waals surface area contributed by atoms with Crippen molar-refractivity contribution < 1.29 is 14.3 Å². The topological polar surface area (TPSA) is 56.1 Å². The number of aliphatic imine (C=N–C) groups is 1. The maximum atomic E-state index is 12.7. The van der Waals surface area contributed by atoms with Gasteiger partial charge in [0.05, 0.1) is 26.0 Å². The SMILES string of the molecule is COc1cccc(N=Cc2cn(CC(=O)N3CCOCC3)c3ccccc23)c1. The first kappa shape index (κ1) is 18.3. The Kier molecular flexibility index (Phi) is 5.39. The van der Waals surface area contributed by atoms with Gasteiger partial charge >= 0.3 is 0 Å². The molecule has 1 aliphatic rings. The van der Waals surface area contributed by atoms with Crippen molar-refractivity contribution in [3.8, 4) is 5.75 Å². The summed E-state index contributed by atoms with van der Waals surface area (Å²) in [5.41, 5.74) is 2.82. The number of morpholine rings is 1. The Bertz CT molecular complexity index is 1000. The van der Waals surface area contributed by atoms with Crippen LogP contribution in [0.3, 0.4) is 0 Å². The van der Waals surface area contributed by atoms with Gasteiger partial charge in [0.2, 0.25) is 5.91 Å². The molecule has 1 amide bonds. The summed E-state index contributed by atoms with van der Waals surface area (Å²) in [5.74, 6) is 0.883. The predicted molar refractivity (Wildman–Crippen MR) is 110 cm³/mol. The number of para-hydroxylation sites is 1. The molecule has 0 atom stereocenters. The average Bonchev–Trinajstić information content (AvgIpc) is 3.10. The molecule has 2 aromatic carbocycles. The van der Waals surface area contributed by atoms with Gasteiger partial charge in [-0.1, -0.05) is 24.3 Å². The van der Waals surface area contributed by atoms with Crippen LogP contribution in [0.2, 0.25) is 0 Å². The third-order valence-electron chi connectivity index (χ3n) is 4.89. The summed E-state index contributed by atoms with van der Waals surface area (Å²) in [5, 5.41) is 1.07. The van der Waals surface area contributed by atoms with Crippen LogP contribution in [0, 0.1) is 0 Å². The van der Waals surface area contributed by atoms with Crippen molar-refractivity contribution in [1.29, 1.82) is 0 Å². The molecule has 1 aromatic heterocycles. The number of carbonyl (C=O) groups is 1. The molecule has 0 spiro atoms. The summed E-state index contributed by atoms with van der Waals surface area (Å²) in [4.78, 5) is 19.1. The highest BCUT2D eigenvalue weighted by molar-refractivity contribution is 6.00. The van der Waals surface area contributed by atoms with Crippen LogP contribution < -0.4 is 4.74 Å². The summed E-state index contributed by atoms with van der Waals surface area (Å²) < 4.78 is 12.6. The molecule has 3 aromatic rings. The van der Waals surface area contributed by atoms with E-state index in [0.717, 1.165) is 27.9 Å². The first-order valence-electron chi connectivity index (χ1n) is 9.36. The molecule has 0 aliphatic carbocycles. The van der Waals surface area contributed by atoms with Gasteiger partial charge in [0.15, 0.2) is 0 Å². The Morgan fingerprint density at radius 3 is 2.82 bits per heavy atom. The van der Waals surface area contributed by atoms with Crippen LogP contribution >= 0.6 is 0 Å². The van der Waals surface area contributed by atoms with Crippen molar-refractivity contribution in [3.05, 3.63) is 60.3 Å². The van der Waals surface area contributed by atoms with Crippen LogP contribution in [0.5, 0.6) is 5.75 Å². The molecule has 144 valence electrons. The third-order valence-corrected chi connectivity index (χ3v) is 4.89. The van der Waals surface area contributed by atoms with E-state index in [0.29, 0.717) is 32.8 Å². The number of rotatable bonds is 5. The fraction of sp³-hybridized carbons (Fsp3) is 0.273. The lowest BCUT2D eigenvalue weighted by molar-refractivity contribution is -0.135. The van der Waals surface area contributed by atoms with Crippen LogP contribution in [0.4, 0.5) is 5.69 Å². The van der Waals surface area contributed by atoms with E-state index in [1.165, 1.54) is 0 Å². The van der Waals surface area contributed by atoms with Gasteiger partial charge in [-0.25, -0.2) is 0 Å². The summed E-state index contributed by atoms with van der Waals surface area (Å²) in [6, 6.07) is 15.7. The normalized spacial score (nSPS) is 14.7. The van der Waals surface area contributed by atoms with Crippen molar-refractivity contribution >= 4 is 28.7 Å². The van der Waals surface area contributed by atoms with Crippen LogP contribution in [0.25, 0.3) is 10.9 Å². The number of hydrogen-bond donors (Lipinski definition) is 0. The lowest BCUT2D eigenvalue weighted by atomic mass is 10.2.